The molecule has 4 nitrogen and oxygen atoms in total. The third-order valence-electron chi connectivity index (χ3n) is 5.32. The van der Waals surface area contributed by atoms with Crippen LogP contribution in [0, 0.1) is 5.92 Å². The van der Waals surface area contributed by atoms with Crippen LogP contribution in [0.2, 0.25) is 0 Å². The first-order chi connectivity index (χ1) is 11.8. The van der Waals surface area contributed by atoms with E-state index in [9.17, 15) is 0 Å². The molecule has 0 bridgehead atoms. The molecule has 0 aliphatic carbocycles. The molecular weight excluding hydrogens is 300 g/mol. The fourth-order valence-corrected chi connectivity index (χ4v) is 3.86. The molecule has 1 unspecified atom stereocenters. The van der Waals surface area contributed by atoms with Crippen LogP contribution in [-0.2, 0) is 11.2 Å². The van der Waals surface area contributed by atoms with Gasteiger partial charge >= 0.3 is 0 Å². The van der Waals surface area contributed by atoms with Gasteiger partial charge in [0.25, 0.3) is 0 Å². The minimum absolute atomic E-state index is 0.724. The predicted octanol–water partition coefficient (Wildman–Crippen LogP) is 2.67. The van der Waals surface area contributed by atoms with Gasteiger partial charge in [-0.15, -0.1) is 0 Å². The molecule has 1 saturated heterocycles. The second kappa shape index (κ2) is 9.40. The number of methoxy groups -OCH3 is 1. The molecule has 2 aliphatic heterocycles. The Hall–Kier alpha value is -1.10. The van der Waals surface area contributed by atoms with Gasteiger partial charge in [-0.25, -0.2) is 0 Å². The molecule has 0 spiro atoms. The Balaban J connectivity index is 1.40. The van der Waals surface area contributed by atoms with Crippen molar-refractivity contribution in [2.45, 2.75) is 25.7 Å². The lowest BCUT2D eigenvalue weighted by atomic mass is 9.96. The molecule has 0 amide bonds. The molecule has 134 valence electrons. The third-order valence-corrected chi connectivity index (χ3v) is 5.32. The van der Waals surface area contributed by atoms with Crippen molar-refractivity contribution < 1.29 is 9.47 Å². The Morgan fingerprint density at radius 3 is 2.71 bits per heavy atom. The van der Waals surface area contributed by atoms with Crippen molar-refractivity contribution in [1.29, 1.82) is 0 Å². The van der Waals surface area contributed by atoms with E-state index >= 15 is 0 Å². The number of ether oxygens (including phenoxy) is 2. The molecule has 2 heterocycles. The Bertz CT molecular complexity index is 486. The summed E-state index contributed by atoms with van der Waals surface area (Å²) in [5, 5.41) is 0. The summed E-state index contributed by atoms with van der Waals surface area (Å²) in [6.45, 7) is 9.05. The van der Waals surface area contributed by atoms with Gasteiger partial charge in [-0.3, -0.25) is 0 Å². The summed E-state index contributed by atoms with van der Waals surface area (Å²) in [7, 11) is 1.79. The van der Waals surface area contributed by atoms with Crippen LogP contribution < -0.4 is 4.74 Å². The molecule has 2 aliphatic rings. The molecule has 0 saturated carbocycles. The molecule has 24 heavy (non-hydrogen) atoms. The van der Waals surface area contributed by atoms with Gasteiger partial charge in [0.15, 0.2) is 0 Å². The maximum Gasteiger partial charge on any atom is 0.122 e. The standard InChI is InChI=1S/C20H32N2O2/c1-23-14-5-4-9-21-10-12-22(13-11-21)17-18-8-15-24-20-7-3-2-6-19(20)16-18/h2-3,6-7,18H,4-5,8-17H2,1H3. The molecular formula is C20H32N2O2. The smallest absolute Gasteiger partial charge is 0.122 e. The number of fused-ring (bicyclic) bond motifs is 1. The van der Waals surface area contributed by atoms with Gasteiger partial charge < -0.3 is 19.3 Å². The highest BCUT2D eigenvalue weighted by atomic mass is 16.5. The van der Waals surface area contributed by atoms with E-state index in [0.717, 1.165) is 31.3 Å². The first-order valence-electron chi connectivity index (χ1n) is 9.49. The summed E-state index contributed by atoms with van der Waals surface area (Å²) in [5.74, 6) is 1.82. The Morgan fingerprint density at radius 2 is 1.88 bits per heavy atom. The molecule has 3 rings (SSSR count). The average Bonchev–Trinajstić information content (AvgIpc) is 2.82. The first-order valence-corrected chi connectivity index (χ1v) is 9.49. The quantitative estimate of drug-likeness (QED) is 0.717. The van der Waals surface area contributed by atoms with Crippen molar-refractivity contribution in [3.63, 3.8) is 0 Å². The number of hydrogen-bond donors (Lipinski definition) is 0. The molecule has 1 aromatic rings. The average molecular weight is 332 g/mol. The van der Waals surface area contributed by atoms with E-state index in [1.54, 1.807) is 7.11 Å². The molecule has 0 aromatic heterocycles. The fraction of sp³-hybridized carbons (Fsp3) is 0.700. The summed E-state index contributed by atoms with van der Waals surface area (Å²) in [6.07, 6.45) is 4.77. The van der Waals surface area contributed by atoms with Crippen molar-refractivity contribution in [3.05, 3.63) is 29.8 Å². The zero-order chi connectivity index (χ0) is 16.6. The van der Waals surface area contributed by atoms with Gasteiger partial charge in [0.1, 0.15) is 5.75 Å². The number of piperazine rings is 1. The topological polar surface area (TPSA) is 24.9 Å². The summed E-state index contributed by atoms with van der Waals surface area (Å²) in [6, 6.07) is 8.55. The highest BCUT2D eigenvalue weighted by Gasteiger charge is 2.22. The minimum atomic E-state index is 0.724. The Labute approximate surface area is 146 Å². The highest BCUT2D eigenvalue weighted by Crippen LogP contribution is 2.27. The van der Waals surface area contributed by atoms with E-state index in [4.69, 9.17) is 9.47 Å². The molecule has 1 atom stereocenters. The Morgan fingerprint density at radius 1 is 1.08 bits per heavy atom. The van der Waals surface area contributed by atoms with Crippen molar-refractivity contribution in [2.75, 3.05) is 59.6 Å². The molecule has 1 aromatic carbocycles. The SMILES string of the molecule is COCCCCN1CCN(CC2CCOc3ccccc3C2)CC1. The van der Waals surface area contributed by atoms with E-state index in [1.807, 2.05) is 0 Å². The van der Waals surface area contributed by atoms with Crippen LogP contribution in [0.4, 0.5) is 0 Å². The summed E-state index contributed by atoms with van der Waals surface area (Å²) < 4.78 is 11.0. The van der Waals surface area contributed by atoms with Gasteiger partial charge in [-0.1, -0.05) is 18.2 Å². The molecule has 0 radical (unpaired) electrons. The van der Waals surface area contributed by atoms with Gasteiger partial charge in [0.05, 0.1) is 6.61 Å². The number of para-hydroxylation sites is 1. The van der Waals surface area contributed by atoms with E-state index in [-0.39, 0.29) is 0 Å². The van der Waals surface area contributed by atoms with E-state index in [1.165, 1.54) is 64.1 Å². The summed E-state index contributed by atoms with van der Waals surface area (Å²) in [4.78, 5) is 5.27. The van der Waals surface area contributed by atoms with Crippen molar-refractivity contribution in [1.82, 2.24) is 9.80 Å². The van der Waals surface area contributed by atoms with Gasteiger partial charge in [0.2, 0.25) is 0 Å². The van der Waals surface area contributed by atoms with Gasteiger partial charge in [0, 0.05) is 46.4 Å². The monoisotopic (exact) mass is 332 g/mol. The largest absolute Gasteiger partial charge is 0.493 e. The number of benzene rings is 1. The Kier molecular flexibility index (Phi) is 6.94. The van der Waals surface area contributed by atoms with Crippen LogP contribution in [0.5, 0.6) is 5.75 Å². The fourth-order valence-electron chi connectivity index (χ4n) is 3.86. The van der Waals surface area contributed by atoms with Crippen LogP contribution in [0.25, 0.3) is 0 Å². The van der Waals surface area contributed by atoms with Crippen molar-refractivity contribution in [2.24, 2.45) is 5.92 Å². The lowest BCUT2D eigenvalue weighted by molar-refractivity contribution is 0.109. The zero-order valence-corrected chi connectivity index (χ0v) is 15.1. The third kappa shape index (κ3) is 5.20. The summed E-state index contributed by atoms with van der Waals surface area (Å²) >= 11 is 0. The zero-order valence-electron chi connectivity index (χ0n) is 15.1. The van der Waals surface area contributed by atoms with Crippen LogP contribution >= 0.6 is 0 Å². The van der Waals surface area contributed by atoms with Crippen LogP contribution in [0.1, 0.15) is 24.8 Å². The van der Waals surface area contributed by atoms with Crippen LogP contribution in [0.3, 0.4) is 0 Å². The van der Waals surface area contributed by atoms with Gasteiger partial charge in [-0.2, -0.15) is 0 Å². The van der Waals surface area contributed by atoms with Gasteiger partial charge in [-0.05, 0) is 49.8 Å². The molecule has 4 heteroatoms. The first kappa shape index (κ1) is 17.7. The van der Waals surface area contributed by atoms with Crippen molar-refractivity contribution in [3.8, 4) is 5.75 Å². The van der Waals surface area contributed by atoms with E-state index in [0.29, 0.717) is 0 Å². The lowest BCUT2D eigenvalue weighted by Gasteiger charge is -2.36. The maximum absolute atomic E-state index is 5.91. The number of rotatable bonds is 7. The van der Waals surface area contributed by atoms with Crippen LogP contribution in [0.15, 0.2) is 24.3 Å². The normalized spacial score (nSPS) is 22.6. The predicted molar refractivity (Wildman–Crippen MR) is 97.7 cm³/mol. The second-order valence-electron chi connectivity index (χ2n) is 7.16. The molecule has 1 fully saturated rings. The second-order valence-corrected chi connectivity index (χ2v) is 7.16. The maximum atomic E-state index is 5.91. The van der Waals surface area contributed by atoms with Crippen molar-refractivity contribution >= 4 is 0 Å². The summed E-state index contributed by atoms with van der Waals surface area (Å²) in [5.41, 5.74) is 1.39. The van der Waals surface area contributed by atoms with E-state index < -0.39 is 0 Å². The number of hydrogen-bond acceptors (Lipinski definition) is 4. The molecule has 0 N–H and O–H groups in total. The minimum Gasteiger partial charge on any atom is -0.493 e. The van der Waals surface area contributed by atoms with E-state index in [2.05, 4.69) is 34.1 Å². The highest BCUT2D eigenvalue weighted by molar-refractivity contribution is 5.34. The number of unbranched alkanes of at least 4 members (excludes halogenated alkanes) is 1. The number of nitrogens with zero attached hydrogens (tertiary/aromatic N) is 2. The van der Waals surface area contributed by atoms with Crippen LogP contribution in [-0.4, -0.2) is 69.4 Å². The lowest BCUT2D eigenvalue weighted by Crippen LogP contribution is -2.48.